The smallest absolute Gasteiger partial charge is 0.320 e. The van der Waals surface area contributed by atoms with Gasteiger partial charge in [0.05, 0.1) is 0 Å². The van der Waals surface area contributed by atoms with Crippen molar-refractivity contribution in [3.8, 4) is 0 Å². The highest BCUT2D eigenvalue weighted by Crippen LogP contribution is 2.13. The van der Waals surface area contributed by atoms with Gasteiger partial charge < -0.3 is 20.2 Å². The number of carboxylic acids is 1. The van der Waals surface area contributed by atoms with Crippen LogP contribution >= 0.6 is 0 Å². The predicted molar refractivity (Wildman–Crippen MR) is 79.3 cm³/mol. The van der Waals surface area contributed by atoms with E-state index in [-0.39, 0.29) is 6.03 Å². The van der Waals surface area contributed by atoms with E-state index in [1.165, 1.54) is 6.42 Å². The molecule has 2 N–H and O–H groups in total. The van der Waals surface area contributed by atoms with Crippen LogP contribution in [0.1, 0.15) is 19.8 Å². The molecule has 2 fully saturated rings. The minimum absolute atomic E-state index is 0.0297. The van der Waals surface area contributed by atoms with Crippen LogP contribution in [0.4, 0.5) is 4.79 Å². The van der Waals surface area contributed by atoms with Gasteiger partial charge in [0, 0.05) is 38.8 Å². The lowest BCUT2D eigenvalue weighted by Crippen LogP contribution is -2.55. The van der Waals surface area contributed by atoms with Crippen LogP contribution in [0.25, 0.3) is 0 Å². The first-order chi connectivity index (χ1) is 9.99. The molecule has 0 bridgehead atoms. The Hall–Kier alpha value is -1.34. The highest BCUT2D eigenvalue weighted by atomic mass is 16.4. The lowest BCUT2D eigenvalue weighted by molar-refractivity contribution is -0.143. The summed E-state index contributed by atoms with van der Waals surface area (Å²) in [6, 6.07) is -0.0671. The summed E-state index contributed by atoms with van der Waals surface area (Å²) in [5, 5.41) is 12.0. The highest BCUT2D eigenvalue weighted by Gasteiger charge is 2.28. The third kappa shape index (κ3) is 4.07. The molecule has 7 heteroatoms. The van der Waals surface area contributed by atoms with Gasteiger partial charge in [-0.15, -0.1) is 0 Å². The molecule has 2 amide bonds. The number of urea groups is 1. The summed E-state index contributed by atoms with van der Waals surface area (Å²) < 4.78 is 0. The largest absolute Gasteiger partial charge is 0.480 e. The van der Waals surface area contributed by atoms with E-state index in [2.05, 4.69) is 17.3 Å². The molecule has 21 heavy (non-hydrogen) atoms. The van der Waals surface area contributed by atoms with Crippen molar-refractivity contribution >= 4 is 12.0 Å². The maximum atomic E-state index is 12.1. The van der Waals surface area contributed by atoms with Gasteiger partial charge in [-0.25, -0.2) is 4.79 Å². The Labute approximate surface area is 125 Å². The molecule has 120 valence electrons. The quantitative estimate of drug-likeness (QED) is 0.757. The summed E-state index contributed by atoms with van der Waals surface area (Å²) in [5.41, 5.74) is 0. The maximum Gasteiger partial charge on any atom is 0.320 e. The van der Waals surface area contributed by atoms with E-state index in [0.717, 1.165) is 13.0 Å². The molecule has 2 atom stereocenters. The Bertz CT molecular complexity index is 382. The molecule has 0 aromatic carbocycles. The molecule has 2 aliphatic heterocycles. The normalized spacial score (nSPS) is 25.8. The van der Waals surface area contributed by atoms with Crippen molar-refractivity contribution < 1.29 is 14.7 Å². The standard InChI is InChI=1S/C14H26N4O3/c1-11(13(19)20)17-6-8-18(9-7-17)14(21)15-10-12-4-3-5-16(12)2/h11-12H,3-10H2,1-2H3,(H,15,21)(H,19,20). The van der Waals surface area contributed by atoms with E-state index in [1.54, 1.807) is 11.8 Å². The van der Waals surface area contributed by atoms with Crippen LogP contribution in [0, 0.1) is 0 Å². The topological polar surface area (TPSA) is 76.1 Å². The molecule has 2 rings (SSSR count). The summed E-state index contributed by atoms with van der Waals surface area (Å²) in [4.78, 5) is 29.1. The second-order valence-corrected chi connectivity index (χ2v) is 6.00. The van der Waals surface area contributed by atoms with Crippen LogP contribution in [0.5, 0.6) is 0 Å². The van der Waals surface area contributed by atoms with Crippen molar-refractivity contribution in [1.29, 1.82) is 0 Å². The van der Waals surface area contributed by atoms with Gasteiger partial charge >= 0.3 is 12.0 Å². The second kappa shape index (κ2) is 7.09. The number of likely N-dealkylation sites (tertiary alicyclic amines) is 1. The highest BCUT2D eigenvalue weighted by molar-refractivity contribution is 5.75. The molecule has 2 aliphatic rings. The fraction of sp³-hybridized carbons (Fsp3) is 0.857. The minimum atomic E-state index is -0.808. The zero-order valence-corrected chi connectivity index (χ0v) is 12.9. The number of piperazine rings is 1. The third-order valence-electron chi connectivity index (χ3n) is 4.67. The number of hydrogen-bond acceptors (Lipinski definition) is 4. The van der Waals surface area contributed by atoms with Gasteiger partial charge in [-0.3, -0.25) is 9.69 Å². The number of aliphatic carboxylic acids is 1. The van der Waals surface area contributed by atoms with Gasteiger partial charge in [0.25, 0.3) is 0 Å². The summed E-state index contributed by atoms with van der Waals surface area (Å²) in [7, 11) is 2.09. The Morgan fingerprint density at radius 2 is 1.90 bits per heavy atom. The molecule has 2 saturated heterocycles. The first-order valence-corrected chi connectivity index (χ1v) is 7.69. The van der Waals surface area contributed by atoms with Crippen LogP contribution in [0.3, 0.4) is 0 Å². The number of carbonyl (C=O) groups is 2. The van der Waals surface area contributed by atoms with Crippen LogP contribution in [-0.4, -0.2) is 90.2 Å². The zero-order valence-electron chi connectivity index (χ0n) is 12.9. The lowest BCUT2D eigenvalue weighted by atomic mass is 10.2. The first kappa shape index (κ1) is 16.0. The molecule has 0 spiro atoms. The number of likely N-dealkylation sites (N-methyl/N-ethyl adjacent to an activating group) is 1. The van der Waals surface area contributed by atoms with Gasteiger partial charge in [0.2, 0.25) is 0 Å². The van der Waals surface area contributed by atoms with Gasteiger partial charge in [-0.1, -0.05) is 0 Å². The van der Waals surface area contributed by atoms with Crippen molar-refractivity contribution in [1.82, 2.24) is 20.0 Å². The average molecular weight is 298 g/mol. The van der Waals surface area contributed by atoms with E-state index < -0.39 is 12.0 Å². The van der Waals surface area contributed by atoms with E-state index in [4.69, 9.17) is 5.11 Å². The molecule has 7 nitrogen and oxygen atoms in total. The second-order valence-electron chi connectivity index (χ2n) is 6.00. The summed E-state index contributed by atoms with van der Waals surface area (Å²) >= 11 is 0. The Morgan fingerprint density at radius 3 is 2.43 bits per heavy atom. The van der Waals surface area contributed by atoms with Gasteiger partial charge in [-0.05, 0) is 33.4 Å². The van der Waals surface area contributed by atoms with E-state index in [1.807, 2.05) is 4.90 Å². The zero-order chi connectivity index (χ0) is 15.4. The molecular formula is C14H26N4O3. The minimum Gasteiger partial charge on any atom is -0.480 e. The molecule has 0 aromatic rings. The van der Waals surface area contributed by atoms with Crippen LogP contribution in [-0.2, 0) is 4.79 Å². The van der Waals surface area contributed by atoms with Gasteiger partial charge in [0.15, 0.2) is 0 Å². The molecule has 0 aromatic heterocycles. The average Bonchev–Trinajstić information content (AvgIpc) is 2.89. The lowest BCUT2D eigenvalue weighted by Gasteiger charge is -2.36. The molecular weight excluding hydrogens is 272 g/mol. The molecule has 2 heterocycles. The molecule has 0 radical (unpaired) electrons. The maximum absolute atomic E-state index is 12.1. The number of rotatable bonds is 4. The number of carbonyl (C=O) groups excluding carboxylic acids is 1. The van der Waals surface area contributed by atoms with Crippen molar-refractivity contribution in [2.45, 2.75) is 31.8 Å². The van der Waals surface area contributed by atoms with Crippen molar-refractivity contribution in [2.75, 3.05) is 46.3 Å². The van der Waals surface area contributed by atoms with Crippen molar-refractivity contribution in [3.05, 3.63) is 0 Å². The predicted octanol–water partition coefficient (Wildman–Crippen LogP) is -0.119. The number of amides is 2. The summed E-state index contributed by atoms with van der Waals surface area (Å²) in [6.45, 7) is 5.89. The first-order valence-electron chi connectivity index (χ1n) is 7.69. The van der Waals surface area contributed by atoms with Crippen LogP contribution in [0.15, 0.2) is 0 Å². The van der Waals surface area contributed by atoms with Crippen LogP contribution < -0.4 is 5.32 Å². The Morgan fingerprint density at radius 1 is 1.24 bits per heavy atom. The number of nitrogens with one attached hydrogen (secondary N) is 1. The van der Waals surface area contributed by atoms with Crippen molar-refractivity contribution in [3.63, 3.8) is 0 Å². The van der Waals surface area contributed by atoms with E-state index in [9.17, 15) is 9.59 Å². The molecule has 0 saturated carbocycles. The van der Waals surface area contributed by atoms with Crippen molar-refractivity contribution in [2.24, 2.45) is 0 Å². The monoisotopic (exact) mass is 298 g/mol. The van der Waals surface area contributed by atoms with E-state index >= 15 is 0 Å². The fourth-order valence-electron chi connectivity index (χ4n) is 3.02. The SMILES string of the molecule is CC(C(=O)O)N1CCN(C(=O)NCC2CCCN2C)CC1. The van der Waals surface area contributed by atoms with Gasteiger partial charge in [0.1, 0.15) is 6.04 Å². The Balaban J connectivity index is 1.71. The Kier molecular flexibility index (Phi) is 5.41. The summed E-state index contributed by atoms with van der Waals surface area (Å²) in [6.07, 6.45) is 2.34. The van der Waals surface area contributed by atoms with E-state index in [0.29, 0.717) is 38.8 Å². The third-order valence-corrected chi connectivity index (χ3v) is 4.67. The number of hydrogen-bond donors (Lipinski definition) is 2. The fourth-order valence-corrected chi connectivity index (χ4v) is 3.02. The molecule has 0 aliphatic carbocycles. The molecule has 2 unspecified atom stereocenters. The number of carboxylic acid groups (broad SMARTS) is 1. The summed E-state index contributed by atoms with van der Waals surface area (Å²) in [5.74, 6) is -0.808. The van der Waals surface area contributed by atoms with Crippen LogP contribution in [0.2, 0.25) is 0 Å². The van der Waals surface area contributed by atoms with Gasteiger partial charge in [-0.2, -0.15) is 0 Å². The number of nitrogens with zero attached hydrogens (tertiary/aromatic N) is 3.